The van der Waals surface area contributed by atoms with Gasteiger partial charge in [0.1, 0.15) is 5.52 Å². The van der Waals surface area contributed by atoms with E-state index in [-0.39, 0.29) is 5.56 Å². The number of hydrogen-bond acceptors (Lipinski definition) is 3. The average molecular weight is 302 g/mol. The molecule has 23 heavy (non-hydrogen) atoms. The van der Waals surface area contributed by atoms with Crippen molar-refractivity contribution in [3.8, 4) is 11.3 Å². The summed E-state index contributed by atoms with van der Waals surface area (Å²) in [5.41, 5.74) is 3.23. The van der Waals surface area contributed by atoms with Crippen LogP contribution in [0.15, 0.2) is 78.1 Å². The highest BCUT2D eigenvalue weighted by Gasteiger charge is 2.09. The molecule has 0 N–H and O–H groups in total. The number of aromatic nitrogens is 4. The molecule has 3 heterocycles. The molecule has 0 spiro atoms. The van der Waals surface area contributed by atoms with Crippen LogP contribution in [0.3, 0.4) is 0 Å². The minimum Gasteiger partial charge on any atom is -0.308 e. The van der Waals surface area contributed by atoms with Gasteiger partial charge in [-0.3, -0.25) is 9.78 Å². The third-order valence-corrected chi connectivity index (χ3v) is 3.76. The molecular formula is C18H14N4O. The van der Waals surface area contributed by atoms with Gasteiger partial charge < -0.3 is 4.57 Å². The summed E-state index contributed by atoms with van der Waals surface area (Å²) in [7, 11) is 0. The molecule has 0 fully saturated rings. The van der Waals surface area contributed by atoms with E-state index in [0.717, 1.165) is 16.8 Å². The van der Waals surface area contributed by atoms with Gasteiger partial charge in [-0.25, -0.2) is 4.52 Å². The first-order valence-electron chi connectivity index (χ1n) is 7.34. The van der Waals surface area contributed by atoms with Gasteiger partial charge in [0.15, 0.2) is 0 Å². The molecular weight excluding hydrogens is 288 g/mol. The van der Waals surface area contributed by atoms with Gasteiger partial charge >= 0.3 is 0 Å². The highest BCUT2D eigenvalue weighted by Crippen LogP contribution is 2.16. The Morgan fingerprint density at radius 2 is 1.87 bits per heavy atom. The lowest BCUT2D eigenvalue weighted by atomic mass is 10.2. The minimum absolute atomic E-state index is 0.0565. The van der Waals surface area contributed by atoms with Crippen molar-refractivity contribution in [2.75, 3.05) is 0 Å². The molecule has 0 saturated carbocycles. The first-order valence-corrected chi connectivity index (χ1v) is 7.34. The van der Waals surface area contributed by atoms with Crippen molar-refractivity contribution in [1.82, 2.24) is 19.2 Å². The number of rotatable bonds is 3. The topological polar surface area (TPSA) is 52.2 Å². The molecule has 5 nitrogen and oxygen atoms in total. The van der Waals surface area contributed by atoms with Gasteiger partial charge in [-0.2, -0.15) is 5.10 Å². The molecule has 1 aromatic carbocycles. The molecule has 0 atom stereocenters. The Morgan fingerprint density at radius 1 is 1.00 bits per heavy atom. The summed E-state index contributed by atoms with van der Waals surface area (Å²) in [4.78, 5) is 16.8. The molecule has 0 aliphatic heterocycles. The zero-order chi connectivity index (χ0) is 15.6. The van der Waals surface area contributed by atoms with Crippen molar-refractivity contribution in [3.63, 3.8) is 0 Å². The van der Waals surface area contributed by atoms with Crippen molar-refractivity contribution < 1.29 is 0 Å². The molecule has 4 aromatic rings. The SMILES string of the molecule is O=c1c2cc(-c3cccnc3)nn2ccn1Cc1ccccc1. The Kier molecular flexibility index (Phi) is 3.24. The Bertz CT molecular complexity index is 1000. The molecule has 0 saturated heterocycles. The molecule has 0 bridgehead atoms. The lowest BCUT2D eigenvalue weighted by molar-refractivity contribution is 0.743. The van der Waals surface area contributed by atoms with Crippen LogP contribution in [0.25, 0.3) is 16.8 Å². The molecule has 0 unspecified atom stereocenters. The van der Waals surface area contributed by atoms with Crippen molar-refractivity contribution in [1.29, 1.82) is 0 Å². The summed E-state index contributed by atoms with van der Waals surface area (Å²) in [6, 6.07) is 15.5. The average Bonchev–Trinajstić information content (AvgIpc) is 3.04. The van der Waals surface area contributed by atoms with Crippen LogP contribution < -0.4 is 5.56 Å². The van der Waals surface area contributed by atoms with Crippen LogP contribution >= 0.6 is 0 Å². The predicted molar refractivity (Wildman–Crippen MR) is 88.2 cm³/mol. The molecule has 0 amide bonds. The fourth-order valence-corrected chi connectivity index (χ4v) is 2.59. The summed E-state index contributed by atoms with van der Waals surface area (Å²) in [6.45, 7) is 0.545. The fourth-order valence-electron chi connectivity index (χ4n) is 2.59. The molecule has 0 radical (unpaired) electrons. The van der Waals surface area contributed by atoms with Gasteiger partial charge in [0.25, 0.3) is 5.56 Å². The summed E-state index contributed by atoms with van der Waals surface area (Å²) in [5.74, 6) is 0. The normalized spacial score (nSPS) is 11.0. The zero-order valence-corrected chi connectivity index (χ0v) is 12.3. The number of hydrogen-bond donors (Lipinski definition) is 0. The van der Waals surface area contributed by atoms with Crippen LogP contribution in [0.5, 0.6) is 0 Å². The van der Waals surface area contributed by atoms with E-state index in [1.807, 2.05) is 42.5 Å². The number of pyridine rings is 1. The van der Waals surface area contributed by atoms with Crippen LogP contribution in [-0.4, -0.2) is 19.2 Å². The van der Waals surface area contributed by atoms with Gasteiger partial charge in [0, 0.05) is 30.4 Å². The number of benzene rings is 1. The lowest BCUT2D eigenvalue weighted by Gasteiger charge is -2.05. The second-order valence-electron chi connectivity index (χ2n) is 5.32. The van der Waals surface area contributed by atoms with Crippen molar-refractivity contribution in [2.45, 2.75) is 6.54 Å². The van der Waals surface area contributed by atoms with Crippen LogP contribution in [0.1, 0.15) is 5.56 Å². The van der Waals surface area contributed by atoms with Gasteiger partial charge in [0.2, 0.25) is 0 Å². The molecule has 0 aliphatic rings. The second kappa shape index (κ2) is 5.53. The van der Waals surface area contributed by atoms with E-state index < -0.39 is 0 Å². The van der Waals surface area contributed by atoms with Gasteiger partial charge in [-0.1, -0.05) is 30.3 Å². The summed E-state index contributed by atoms with van der Waals surface area (Å²) < 4.78 is 3.31. The van der Waals surface area contributed by atoms with Crippen LogP contribution in [0, 0.1) is 0 Å². The standard InChI is InChI=1S/C18H14N4O/c23-18-17-11-16(15-7-4-8-19-12-15)20-22(17)10-9-21(18)13-14-5-2-1-3-6-14/h1-12H,13H2. The van der Waals surface area contributed by atoms with Crippen LogP contribution in [0.4, 0.5) is 0 Å². The molecule has 112 valence electrons. The van der Waals surface area contributed by atoms with Gasteiger partial charge in [-0.15, -0.1) is 0 Å². The maximum absolute atomic E-state index is 12.7. The lowest BCUT2D eigenvalue weighted by Crippen LogP contribution is -2.21. The Morgan fingerprint density at radius 3 is 2.65 bits per heavy atom. The third-order valence-electron chi connectivity index (χ3n) is 3.76. The highest BCUT2D eigenvalue weighted by molar-refractivity contribution is 5.64. The van der Waals surface area contributed by atoms with Crippen LogP contribution in [-0.2, 0) is 6.54 Å². The quantitative estimate of drug-likeness (QED) is 0.584. The molecule has 3 aromatic heterocycles. The fraction of sp³-hybridized carbons (Fsp3) is 0.0556. The number of nitrogens with zero attached hydrogens (tertiary/aromatic N) is 4. The summed E-state index contributed by atoms with van der Waals surface area (Å²) in [6.07, 6.45) is 7.03. The van der Waals surface area contributed by atoms with Gasteiger partial charge in [-0.05, 0) is 23.8 Å². The Balaban J connectivity index is 1.78. The van der Waals surface area contributed by atoms with E-state index in [0.29, 0.717) is 12.1 Å². The first kappa shape index (κ1) is 13.5. The molecule has 4 rings (SSSR count). The van der Waals surface area contributed by atoms with Gasteiger partial charge in [0.05, 0.1) is 12.2 Å². The predicted octanol–water partition coefficient (Wildman–Crippen LogP) is 2.61. The number of fused-ring (bicyclic) bond motifs is 1. The van der Waals surface area contributed by atoms with E-state index in [9.17, 15) is 4.79 Å². The van der Waals surface area contributed by atoms with E-state index in [2.05, 4.69) is 10.1 Å². The minimum atomic E-state index is -0.0565. The van der Waals surface area contributed by atoms with E-state index >= 15 is 0 Å². The smallest absolute Gasteiger partial charge is 0.276 e. The van der Waals surface area contributed by atoms with E-state index in [1.54, 1.807) is 39.9 Å². The second-order valence-corrected chi connectivity index (χ2v) is 5.32. The zero-order valence-electron chi connectivity index (χ0n) is 12.3. The molecule has 0 aliphatic carbocycles. The third kappa shape index (κ3) is 2.53. The summed E-state index contributed by atoms with van der Waals surface area (Å²) >= 11 is 0. The van der Waals surface area contributed by atoms with Crippen molar-refractivity contribution in [2.24, 2.45) is 0 Å². The maximum atomic E-state index is 12.7. The maximum Gasteiger partial charge on any atom is 0.276 e. The van der Waals surface area contributed by atoms with Crippen molar-refractivity contribution >= 4 is 5.52 Å². The Hall–Kier alpha value is -3.21. The largest absolute Gasteiger partial charge is 0.308 e. The first-order chi connectivity index (χ1) is 11.3. The van der Waals surface area contributed by atoms with E-state index in [4.69, 9.17) is 0 Å². The molecule has 5 heteroatoms. The van der Waals surface area contributed by atoms with Crippen molar-refractivity contribution in [3.05, 3.63) is 89.2 Å². The van der Waals surface area contributed by atoms with Crippen LogP contribution in [0.2, 0.25) is 0 Å². The Labute approximate surface area is 132 Å². The summed E-state index contributed by atoms with van der Waals surface area (Å²) in [5, 5.41) is 4.46. The highest BCUT2D eigenvalue weighted by atomic mass is 16.1. The monoisotopic (exact) mass is 302 g/mol. The van der Waals surface area contributed by atoms with E-state index in [1.165, 1.54) is 0 Å².